The Morgan fingerprint density at radius 1 is 1.36 bits per heavy atom. The summed E-state index contributed by atoms with van der Waals surface area (Å²) in [7, 11) is 0. The molecule has 3 heteroatoms. The molecule has 0 bridgehead atoms. The maximum atomic E-state index is 10.9. The summed E-state index contributed by atoms with van der Waals surface area (Å²) in [5.41, 5.74) is 2.59. The van der Waals surface area contributed by atoms with Gasteiger partial charge in [0.1, 0.15) is 0 Å². The Morgan fingerprint density at radius 2 is 1.93 bits per heavy atom. The highest BCUT2D eigenvalue weighted by Gasteiger charge is 2.11. The summed E-state index contributed by atoms with van der Waals surface area (Å²) in [6, 6.07) is 3.70. The molecular formula is C11H14O2S. The van der Waals surface area contributed by atoms with Crippen LogP contribution in [0.2, 0.25) is 0 Å². The topological polar surface area (TPSA) is 37.3 Å². The third-order valence-electron chi connectivity index (χ3n) is 2.13. The summed E-state index contributed by atoms with van der Waals surface area (Å²) >= 11 is 1.57. The zero-order valence-electron chi connectivity index (χ0n) is 8.63. The van der Waals surface area contributed by atoms with Crippen molar-refractivity contribution >= 4 is 17.7 Å². The van der Waals surface area contributed by atoms with Crippen LogP contribution < -0.4 is 0 Å². The molecule has 1 rings (SSSR count). The molecule has 0 spiro atoms. The van der Waals surface area contributed by atoms with Crippen LogP contribution in [0.15, 0.2) is 17.0 Å². The second kappa shape index (κ2) is 4.51. The fraction of sp³-hybridized carbons (Fsp3) is 0.364. The van der Waals surface area contributed by atoms with Crippen LogP contribution in [0, 0.1) is 13.8 Å². The fourth-order valence-electron chi connectivity index (χ4n) is 1.23. The van der Waals surface area contributed by atoms with E-state index in [4.69, 9.17) is 5.11 Å². The highest BCUT2D eigenvalue weighted by atomic mass is 32.2. The van der Waals surface area contributed by atoms with Gasteiger partial charge in [-0.1, -0.05) is 6.92 Å². The fourth-order valence-corrected chi connectivity index (χ4v) is 2.10. The summed E-state index contributed by atoms with van der Waals surface area (Å²) in [6.45, 7) is 5.95. The van der Waals surface area contributed by atoms with Gasteiger partial charge in [0, 0.05) is 4.90 Å². The number of thioether (sulfide) groups is 1. The second-order valence-corrected chi connectivity index (χ2v) is 4.48. The van der Waals surface area contributed by atoms with Crippen molar-refractivity contribution in [1.82, 2.24) is 0 Å². The molecule has 0 saturated heterocycles. The van der Waals surface area contributed by atoms with Gasteiger partial charge in [0.05, 0.1) is 5.56 Å². The minimum absolute atomic E-state index is 0.417. The molecule has 0 aliphatic heterocycles. The smallest absolute Gasteiger partial charge is 0.336 e. The van der Waals surface area contributed by atoms with Gasteiger partial charge in [-0.05, 0) is 42.9 Å². The number of rotatable bonds is 3. The van der Waals surface area contributed by atoms with E-state index in [1.165, 1.54) is 0 Å². The maximum absolute atomic E-state index is 10.9. The number of carboxylic acids is 1. The molecule has 14 heavy (non-hydrogen) atoms. The lowest BCUT2D eigenvalue weighted by atomic mass is 10.1. The van der Waals surface area contributed by atoms with E-state index >= 15 is 0 Å². The van der Waals surface area contributed by atoms with E-state index in [1.807, 2.05) is 26.8 Å². The monoisotopic (exact) mass is 210 g/mol. The predicted molar refractivity (Wildman–Crippen MR) is 59.3 cm³/mol. The number of carbonyl (C=O) groups is 1. The number of aryl methyl sites for hydroxylation is 2. The van der Waals surface area contributed by atoms with Crippen LogP contribution in [0.25, 0.3) is 0 Å². The third kappa shape index (κ3) is 2.29. The molecule has 0 heterocycles. The second-order valence-electron chi connectivity index (χ2n) is 3.17. The Labute approximate surface area is 88.3 Å². The highest BCUT2D eigenvalue weighted by Crippen LogP contribution is 2.25. The van der Waals surface area contributed by atoms with E-state index in [0.717, 1.165) is 21.8 Å². The Bertz CT molecular complexity index is 359. The molecule has 0 amide bonds. The summed E-state index contributed by atoms with van der Waals surface area (Å²) in [5, 5.41) is 8.99. The third-order valence-corrected chi connectivity index (χ3v) is 3.06. The summed E-state index contributed by atoms with van der Waals surface area (Å²) < 4.78 is 0. The standard InChI is InChI=1S/C11H14O2S/c1-4-14-10-6-8(3)7(2)5-9(10)11(12)13/h5-6H,4H2,1-3H3,(H,12,13). The van der Waals surface area contributed by atoms with Gasteiger partial charge >= 0.3 is 5.97 Å². The van der Waals surface area contributed by atoms with E-state index in [-0.39, 0.29) is 0 Å². The van der Waals surface area contributed by atoms with Crippen LogP contribution in [-0.2, 0) is 0 Å². The van der Waals surface area contributed by atoms with Crippen molar-refractivity contribution in [3.05, 3.63) is 28.8 Å². The van der Waals surface area contributed by atoms with Gasteiger partial charge in [-0.2, -0.15) is 0 Å². The quantitative estimate of drug-likeness (QED) is 0.779. The molecule has 76 valence electrons. The van der Waals surface area contributed by atoms with Crippen molar-refractivity contribution in [2.24, 2.45) is 0 Å². The van der Waals surface area contributed by atoms with Crippen LogP contribution in [0.5, 0.6) is 0 Å². The lowest BCUT2D eigenvalue weighted by Gasteiger charge is -2.08. The van der Waals surface area contributed by atoms with Crippen molar-refractivity contribution in [3.8, 4) is 0 Å². The molecule has 0 aliphatic rings. The first-order chi connectivity index (χ1) is 6.56. The number of benzene rings is 1. The number of hydrogen-bond donors (Lipinski definition) is 1. The molecule has 0 aliphatic carbocycles. The van der Waals surface area contributed by atoms with Gasteiger partial charge in [0.25, 0.3) is 0 Å². The summed E-state index contributed by atoms with van der Waals surface area (Å²) in [6.07, 6.45) is 0. The molecule has 0 saturated carbocycles. The maximum Gasteiger partial charge on any atom is 0.336 e. The van der Waals surface area contributed by atoms with Gasteiger partial charge in [0.2, 0.25) is 0 Å². The van der Waals surface area contributed by atoms with E-state index in [1.54, 1.807) is 17.8 Å². The van der Waals surface area contributed by atoms with Gasteiger partial charge in [0.15, 0.2) is 0 Å². The Morgan fingerprint density at radius 3 is 2.43 bits per heavy atom. The average Bonchev–Trinajstić information content (AvgIpc) is 2.11. The van der Waals surface area contributed by atoms with Crippen molar-refractivity contribution in [2.45, 2.75) is 25.7 Å². The number of hydrogen-bond acceptors (Lipinski definition) is 2. The molecule has 0 radical (unpaired) electrons. The number of carboxylic acid groups (broad SMARTS) is 1. The normalized spacial score (nSPS) is 10.2. The van der Waals surface area contributed by atoms with Gasteiger partial charge in [-0.15, -0.1) is 11.8 Å². The summed E-state index contributed by atoms with van der Waals surface area (Å²) in [4.78, 5) is 11.8. The van der Waals surface area contributed by atoms with E-state index < -0.39 is 5.97 Å². The lowest BCUT2D eigenvalue weighted by molar-refractivity contribution is 0.0693. The van der Waals surface area contributed by atoms with Gasteiger partial charge in [-0.3, -0.25) is 0 Å². The molecule has 0 atom stereocenters. The zero-order valence-corrected chi connectivity index (χ0v) is 9.44. The number of aromatic carboxylic acids is 1. The van der Waals surface area contributed by atoms with Crippen molar-refractivity contribution in [1.29, 1.82) is 0 Å². The van der Waals surface area contributed by atoms with Crippen LogP contribution in [-0.4, -0.2) is 16.8 Å². The van der Waals surface area contributed by atoms with Crippen molar-refractivity contribution in [3.63, 3.8) is 0 Å². The SMILES string of the molecule is CCSc1cc(C)c(C)cc1C(=O)O. The molecular weight excluding hydrogens is 196 g/mol. The molecule has 0 fully saturated rings. The molecule has 2 nitrogen and oxygen atoms in total. The van der Waals surface area contributed by atoms with Crippen molar-refractivity contribution < 1.29 is 9.90 Å². The Kier molecular flexibility index (Phi) is 3.58. The Hall–Kier alpha value is -0.960. The molecule has 1 aromatic rings. The van der Waals surface area contributed by atoms with E-state index in [2.05, 4.69) is 0 Å². The first kappa shape index (κ1) is 11.1. The van der Waals surface area contributed by atoms with E-state index in [0.29, 0.717) is 5.56 Å². The minimum atomic E-state index is -0.843. The van der Waals surface area contributed by atoms with E-state index in [9.17, 15) is 4.79 Å². The van der Waals surface area contributed by atoms with Crippen LogP contribution in [0.1, 0.15) is 28.4 Å². The van der Waals surface area contributed by atoms with Crippen molar-refractivity contribution in [2.75, 3.05) is 5.75 Å². The minimum Gasteiger partial charge on any atom is -0.478 e. The average molecular weight is 210 g/mol. The molecule has 1 aromatic carbocycles. The van der Waals surface area contributed by atoms with Crippen LogP contribution in [0.4, 0.5) is 0 Å². The highest BCUT2D eigenvalue weighted by molar-refractivity contribution is 7.99. The zero-order chi connectivity index (χ0) is 10.7. The van der Waals surface area contributed by atoms with Gasteiger partial charge < -0.3 is 5.11 Å². The predicted octanol–water partition coefficient (Wildman–Crippen LogP) is 3.11. The lowest BCUT2D eigenvalue weighted by Crippen LogP contribution is -2.00. The molecule has 1 N–H and O–H groups in total. The first-order valence-corrected chi connectivity index (χ1v) is 5.52. The largest absolute Gasteiger partial charge is 0.478 e. The Balaban J connectivity index is 3.24. The first-order valence-electron chi connectivity index (χ1n) is 4.53. The summed E-state index contributed by atoms with van der Waals surface area (Å²) in [5.74, 6) is 0.0482. The van der Waals surface area contributed by atoms with Crippen LogP contribution >= 0.6 is 11.8 Å². The molecule has 0 unspecified atom stereocenters. The molecule has 0 aromatic heterocycles. The van der Waals surface area contributed by atoms with Gasteiger partial charge in [-0.25, -0.2) is 4.79 Å². The van der Waals surface area contributed by atoms with Crippen LogP contribution in [0.3, 0.4) is 0 Å².